The lowest BCUT2D eigenvalue weighted by atomic mass is 9.84. The first-order valence-corrected chi connectivity index (χ1v) is 6.29. The summed E-state index contributed by atoms with van der Waals surface area (Å²) in [5.41, 5.74) is 5.25. The van der Waals surface area contributed by atoms with Gasteiger partial charge < -0.3 is 20.1 Å². The molecule has 2 aliphatic heterocycles. The van der Waals surface area contributed by atoms with Crippen LogP contribution in [-0.4, -0.2) is 57.4 Å². The first-order chi connectivity index (χ1) is 8.18. The van der Waals surface area contributed by atoms with Gasteiger partial charge in [-0.2, -0.15) is 0 Å². The second kappa shape index (κ2) is 5.33. The second-order valence-corrected chi connectivity index (χ2v) is 5.22. The standard InChI is InChI=1S/C12H22N2O3/c1-14(6-10-2-4-16-5-3-10)11(15)12(7-13)8-17-9-12/h10H,2-9,13H2,1H3. The fraction of sp³-hybridized carbons (Fsp3) is 0.917. The minimum Gasteiger partial charge on any atom is -0.381 e. The molecule has 17 heavy (non-hydrogen) atoms. The molecule has 0 aromatic rings. The van der Waals surface area contributed by atoms with Crippen LogP contribution in [0.2, 0.25) is 0 Å². The molecule has 98 valence electrons. The van der Waals surface area contributed by atoms with Gasteiger partial charge in [0.15, 0.2) is 0 Å². The van der Waals surface area contributed by atoms with Crippen molar-refractivity contribution >= 4 is 5.91 Å². The number of nitrogens with two attached hydrogens (primary N) is 1. The summed E-state index contributed by atoms with van der Waals surface area (Å²) in [6, 6.07) is 0. The van der Waals surface area contributed by atoms with Crippen molar-refractivity contribution in [2.24, 2.45) is 17.1 Å². The average Bonchev–Trinajstić information content (AvgIpc) is 2.29. The molecule has 0 aromatic heterocycles. The number of amides is 1. The van der Waals surface area contributed by atoms with E-state index in [2.05, 4.69) is 0 Å². The van der Waals surface area contributed by atoms with Crippen LogP contribution in [0, 0.1) is 11.3 Å². The summed E-state index contributed by atoms with van der Waals surface area (Å²) in [6.45, 7) is 3.77. The second-order valence-electron chi connectivity index (χ2n) is 5.22. The summed E-state index contributed by atoms with van der Waals surface area (Å²) in [4.78, 5) is 14.1. The highest BCUT2D eigenvalue weighted by Crippen LogP contribution is 2.29. The van der Waals surface area contributed by atoms with Gasteiger partial charge in [-0.05, 0) is 18.8 Å². The largest absolute Gasteiger partial charge is 0.381 e. The molecular formula is C12H22N2O3. The summed E-state index contributed by atoms with van der Waals surface area (Å²) < 4.78 is 10.5. The third-order valence-electron chi connectivity index (χ3n) is 3.82. The van der Waals surface area contributed by atoms with Crippen LogP contribution >= 0.6 is 0 Å². The first kappa shape index (κ1) is 12.8. The fourth-order valence-electron chi connectivity index (χ4n) is 2.48. The monoisotopic (exact) mass is 242 g/mol. The third kappa shape index (κ3) is 2.61. The van der Waals surface area contributed by atoms with Gasteiger partial charge in [0.1, 0.15) is 5.41 Å². The van der Waals surface area contributed by atoms with E-state index in [1.54, 1.807) is 0 Å². The molecule has 0 spiro atoms. The van der Waals surface area contributed by atoms with Crippen LogP contribution in [0.5, 0.6) is 0 Å². The smallest absolute Gasteiger partial charge is 0.234 e. The molecule has 0 radical (unpaired) electrons. The molecular weight excluding hydrogens is 220 g/mol. The normalized spacial score (nSPS) is 24.1. The van der Waals surface area contributed by atoms with Crippen molar-refractivity contribution in [2.75, 3.05) is 46.6 Å². The highest BCUT2D eigenvalue weighted by Gasteiger charge is 2.46. The van der Waals surface area contributed by atoms with Gasteiger partial charge >= 0.3 is 0 Å². The zero-order chi connectivity index (χ0) is 12.3. The SMILES string of the molecule is CN(CC1CCOCC1)C(=O)C1(CN)COC1. The number of hydrogen-bond acceptors (Lipinski definition) is 4. The average molecular weight is 242 g/mol. The molecule has 0 bridgehead atoms. The zero-order valence-electron chi connectivity index (χ0n) is 10.5. The Hall–Kier alpha value is -0.650. The van der Waals surface area contributed by atoms with E-state index in [9.17, 15) is 4.79 Å². The molecule has 5 heteroatoms. The molecule has 2 rings (SSSR count). The molecule has 1 amide bonds. The number of carbonyl (C=O) groups is 1. The van der Waals surface area contributed by atoms with E-state index in [4.69, 9.17) is 15.2 Å². The van der Waals surface area contributed by atoms with Gasteiger partial charge in [0.25, 0.3) is 0 Å². The Balaban J connectivity index is 1.86. The minimum absolute atomic E-state index is 0.137. The van der Waals surface area contributed by atoms with Gasteiger partial charge in [-0.3, -0.25) is 4.79 Å². The van der Waals surface area contributed by atoms with Crippen molar-refractivity contribution in [3.8, 4) is 0 Å². The lowest BCUT2D eigenvalue weighted by Crippen LogP contribution is -2.59. The van der Waals surface area contributed by atoms with Gasteiger partial charge in [0, 0.05) is 33.4 Å². The molecule has 5 nitrogen and oxygen atoms in total. The molecule has 2 fully saturated rings. The molecule has 0 saturated carbocycles. The zero-order valence-corrected chi connectivity index (χ0v) is 10.5. The van der Waals surface area contributed by atoms with Crippen LogP contribution in [0.25, 0.3) is 0 Å². The lowest BCUT2D eigenvalue weighted by molar-refractivity contribution is -0.170. The highest BCUT2D eigenvalue weighted by atomic mass is 16.5. The molecule has 2 aliphatic rings. The van der Waals surface area contributed by atoms with Gasteiger partial charge in [-0.25, -0.2) is 0 Å². The van der Waals surface area contributed by atoms with Gasteiger partial charge in [0.05, 0.1) is 13.2 Å². The number of hydrogen-bond donors (Lipinski definition) is 1. The Bertz CT molecular complexity index is 267. The molecule has 2 saturated heterocycles. The van der Waals surface area contributed by atoms with Crippen LogP contribution in [0.15, 0.2) is 0 Å². The topological polar surface area (TPSA) is 64.8 Å². The summed E-state index contributed by atoms with van der Waals surface area (Å²) in [5.74, 6) is 0.700. The Morgan fingerprint density at radius 2 is 2.00 bits per heavy atom. The Labute approximate surface area is 102 Å². The van der Waals surface area contributed by atoms with E-state index in [1.165, 1.54) is 0 Å². The number of carbonyl (C=O) groups excluding carboxylic acids is 1. The summed E-state index contributed by atoms with van der Waals surface area (Å²) >= 11 is 0. The Morgan fingerprint density at radius 1 is 1.35 bits per heavy atom. The molecule has 0 aromatic carbocycles. The number of ether oxygens (including phenoxy) is 2. The molecule has 0 unspecified atom stereocenters. The van der Waals surface area contributed by atoms with E-state index in [0.717, 1.165) is 32.6 Å². The van der Waals surface area contributed by atoms with E-state index in [1.807, 2.05) is 11.9 Å². The van der Waals surface area contributed by atoms with Gasteiger partial charge in [-0.15, -0.1) is 0 Å². The van der Waals surface area contributed by atoms with E-state index in [0.29, 0.717) is 25.7 Å². The highest BCUT2D eigenvalue weighted by molar-refractivity contribution is 5.84. The Kier molecular flexibility index (Phi) is 4.01. The third-order valence-corrected chi connectivity index (χ3v) is 3.82. The van der Waals surface area contributed by atoms with Crippen molar-refractivity contribution in [3.05, 3.63) is 0 Å². The molecule has 2 heterocycles. The van der Waals surface area contributed by atoms with Crippen LogP contribution in [0.4, 0.5) is 0 Å². The van der Waals surface area contributed by atoms with E-state index < -0.39 is 5.41 Å². The van der Waals surface area contributed by atoms with E-state index in [-0.39, 0.29) is 5.91 Å². The van der Waals surface area contributed by atoms with Crippen molar-refractivity contribution in [3.63, 3.8) is 0 Å². The van der Waals surface area contributed by atoms with Gasteiger partial charge in [-0.1, -0.05) is 0 Å². The van der Waals surface area contributed by atoms with Crippen molar-refractivity contribution in [1.82, 2.24) is 4.90 Å². The summed E-state index contributed by atoms with van der Waals surface area (Å²) in [7, 11) is 1.87. The predicted octanol–water partition coefficient (Wildman–Crippen LogP) is -0.153. The summed E-state index contributed by atoms with van der Waals surface area (Å²) in [5, 5.41) is 0. The van der Waals surface area contributed by atoms with E-state index >= 15 is 0 Å². The predicted molar refractivity (Wildman–Crippen MR) is 63.5 cm³/mol. The van der Waals surface area contributed by atoms with Crippen LogP contribution in [0.1, 0.15) is 12.8 Å². The first-order valence-electron chi connectivity index (χ1n) is 6.29. The Morgan fingerprint density at radius 3 is 2.47 bits per heavy atom. The van der Waals surface area contributed by atoms with Crippen LogP contribution in [-0.2, 0) is 14.3 Å². The quantitative estimate of drug-likeness (QED) is 0.744. The molecule has 0 aliphatic carbocycles. The minimum atomic E-state index is -0.445. The maximum absolute atomic E-state index is 12.3. The lowest BCUT2D eigenvalue weighted by Gasteiger charge is -2.42. The van der Waals surface area contributed by atoms with Crippen LogP contribution in [0.3, 0.4) is 0 Å². The molecule has 0 atom stereocenters. The van der Waals surface area contributed by atoms with Crippen molar-refractivity contribution in [2.45, 2.75) is 12.8 Å². The van der Waals surface area contributed by atoms with Crippen molar-refractivity contribution in [1.29, 1.82) is 0 Å². The van der Waals surface area contributed by atoms with Crippen molar-refractivity contribution < 1.29 is 14.3 Å². The van der Waals surface area contributed by atoms with Crippen LogP contribution < -0.4 is 5.73 Å². The number of nitrogens with zero attached hydrogens (tertiary/aromatic N) is 1. The molecule has 2 N–H and O–H groups in total. The number of rotatable bonds is 4. The maximum atomic E-state index is 12.3. The summed E-state index contributed by atoms with van der Waals surface area (Å²) in [6.07, 6.45) is 2.09. The fourth-order valence-corrected chi connectivity index (χ4v) is 2.48. The maximum Gasteiger partial charge on any atom is 0.234 e. The van der Waals surface area contributed by atoms with Gasteiger partial charge in [0.2, 0.25) is 5.91 Å².